The van der Waals surface area contributed by atoms with Crippen LogP contribution in [0.15, 0.2) is 65.6 Å². The van der Waals surface area contributed by atoms with E-state index in [1.165, 1.54) is 24.5 Å². The number of sulfone groups is 1. The van der Waals surface area contributed by atoms with E-state index in [1.807, 2.05) is 18.2 Å². The number of imidazole rings is 1. The highest BCUT2D eigenvalue weighted by atomic mass is 35.5. The molecule has 148 valence electrons. The van der Waals surface area contributed by atoms with Crippen LogP contribution in [0.4, 0.5) is 4.39 Å². The van der Waals surface area contributed by atoms with Crippen LogP contribution in [0.2, 0.25) is 5.02 Å². The first-order valence-corrected chi connectivity index (χ1v) is 10.9. The number of nitrogens with one attached hydrogen (secondary N) is 1. The van der Waals surface area contributed by atoms with Gasteiger partial charge in [-0.3, -0.25) is 0 Å². The molecule has 0 amide bonds. The van der Waals surface area contributed by atoms with Crippen molar-refractivity contribution in [2.24, 2.45) is 0 Å². The molecule has 0 aliphatic heterocycles. The van der Waals surface area contributed by atoms with E-state index in [9.17, 15) is 12.8 Å². The predicted octanol–water partition coefficient (Wildman–Crippen LogP) is 5.00. The van der Waals surface area contributed by atoms with E-state index in [-0.39, 0.29) is 16.5 Å². The smallest absolute Gasteiger partial charge is 0.176 e. The molecule has 0 bridgehead atoms. The summed E-state index contributed by atoms with van der Waals surface area (Å²) in [6.45, 7) is 0.145. The second-order valence-corrected chi connectivity index (χ2v) is 8.94. The minimum atomic E-state index is -3.36. The Morgan fingerprint density at radius 2 is 1.90 bits per heavy atom. The molecule has 1 aromatic heterocycles. The normalized spacial score (nSPS) is 11.7. The maximum atomic E-state index is 13.2. The Morgan fingerprint density at radius 1 is 1.10 bits per heavy atom. The average Bonchev–Trinajstić information content (AvgIpc) is 3.10. The third-order valence-electron chi connectivity index (χ3n) is 4.40. The summed E-state index contributed by atoms with van der Waals surface area (Å²) in [5, 5.41) is -0.0127. The van der Waals surface area contributed by atoms with Crippen molar-refractivity contribution >= 4 is 32.5 Å². The largest absolute Gasteiger partial charge is 0.486 e. The summed E-state index contributed by atoms with van der Waals surface area (Å²) in [6, 6.07) is 16.5. The Hall–Kier alpha value is -2.90. The molecule has 0 radical (unpaired) electrons. The first kappa shape index (κ1) is 19.4. The molecule has 0 unspecified atom stereocenters. The van der Waals surface area contributed by atoms with Crippen molar-refractivity contribution in [3.63, 3.8) is 0 Å². The van der Waals surface area contributed by atoms with Crippen LogP contribution in [0, 0.1) is 5.82 Å². The Morgan fingerprint density at radius 3 is 2.66 bits per heavy atom. The third-order valence-corrected chi connectivity index (χ3v) is 5.84. The van der Waals surface area contributed by atoms with Gasteiger partial charge in [-0.2, -0.15) is 0 Å². The topological polar surface area (TPSA) is 72.1 Å². The Labute approximate surface area is 172 Å². The second kappa shape index (κ2) is 7.50. The Balaban J connectivity index is 1.63. The molecule has 0 fully saturated rings. The number of aromatic amines is 1. The minimum absolute atomic E-state index is 0.0127. The number of benzene rings is 3. The van der Waals surface area contributed by atoms with Gasteiger partial charge >= 0.3 is 0 Å². The highest BCUT2D eigenvalue weighted by Gasteiger charge is 2.15. The number of H-pyrrole nitrogens is 1. The van der Waals surface area contributed by atoms with Crippen molar-refractivity contribution in [3.05, 3.63) is 77.3 Å². The number of halogens is 2. The molecule has 5 nitrogen and oxygen atoms in total. The molecule has 0 aliphatic carbocycles. The summed E-state index contributed by atoms with van der Waals surface area (Å²) in [5.41, 5.74) is 2.87. The van der Waals surface area contributed by atoms with Gasteiger partial charge < -0.3 is 9.72 Å². The lowest BCUT2D eigenvalue weighted by molar-refractivity contribution is 0.297. The lowest BCUT2D eigenvalue weighted by Crippen LogP contribution is -1.99. The van der Waals surface area contributed by atoms with Gasteiger partial charge in [0.15, 0.2) is 9.84 Å². The van der Waals surface area contributed by atoms with Crippen LogP contribution >= 0.6 is 11.6 Å². The van der Waals surface area contributed by atoms with Crippen LogP contribution in [0.25, 0.3) is 22.2 Å². The van der Waals surface area contributed by atoms with Gasteiger partial charge in [-0.25, -0.2) is 17.8 Å². The van der Waals surface area contributed by atoms with Gasteiger partial charge in [0.25, 0.3) is 0 Å². The van der Waals surface area contributed by atoms with Gasteiger partial charge in [-0.05, 0) is 35.9 Å². The molecule has 4 aromatic rings. The number of rotatable bonds is 5. The minimum Gasteiger partial charge on any atom is -0.486 e. The van der Waals surface area contributed by atoms with Crippen LogP contribution in [0.3, 0.4) is 0 Å². The van der Waals surface area contributed by atoms with E-state index >= 15 is 0 Å². The van der Waals surface area contributed by atoms with E-state index in [4.69, 9.17) is 16.3 Å². The van der Waals surface area contributed by atoms with Crippen molar-refractivity contribution in [2.75, 3.05) is 6.26 Å². The van der Waals surface area contributed by atoms with Crippen molar-refractivity contribution in [2.45, 2.75) is 11.5 Å². The summed E-state index contributed by atoms with van der Waals surface area (Å²) >= 11 is 5.76. The number of hydrogen-bond donors (Lipinski definition) is 1. The molecule has 0 saturated carbocycles. The molecule has 3 aromatic carbocycles. The Bertz CT molecular complexity index is 1320. The molecule has 29 heavy (non-hydrogen) atoms. The van der Waals surface area contributed by atoms with Gasteiger partial charge in [-0.1, -0.05) is 35.9 Å². The zero-order valence-electron chi connectivity index (χ0n) is 15.3. The van der Waals surface area contributed by atoms with Gasteiger partial charge in [0.05, 0.1) is 21.0 Å². The predicted molar refractivity (Wildman–Crippen MR) is 110 cm³/mol. The summed E-state index contributed by atoms with van der Waals surface area (Å²) in [7, 11) is -3.36. The molecule has 0 saturated heterocycles. The van der Waals surface area contributed by atoms with Gasteiger partial charge in [-0.15, -0.1) is 0 Å². The van der Waals surface area contributed by atoms with E-state index in [0.717, 1.165) is 16.6 Å². The second-order valence-electron chi connectivity index (χ2n) is 6.55. The quantitative estimate of drug-likeness (QED) is 0.483. The monoisotopic (exact) mass is 430 g/mol. The molecule has 1 heterocycles. The number of aromatic nitrogens is 2. The molecule has 0 spiro atoms. The van der Waals surface area contributed by atoms with E-state index in [1.54, 1.807) is 24.3 Å². The van der Waals surface area contributed by atoms with Crippen molar-refractivity contribution in [3.8, 4) is 16.9 Å². The van der Waals surface area contributed by atoms with Crippen molar-refractivity contribution in [1.29, 1.82) is 0 Å². The third kappa shape index (κ3) is 4.11. The number of hydrogen-bond acceptors (Lipinski definition) is 4. The van der Waals surface area contributed by atoms with Crippen LogP contribution in [-0.4, -0.2) is 24.6 Å². The summed E-state index contributed by atoms with van der Waals surface area (Å²) in [5.74, 6) is 0.498. The summed E-state index contributed by atoms with van der Waals surface area (Å²) in [4.78, 5) is 7.91. The molecule has 8 heteroatoms. The highest BCUT2D eigenvalue weighted by molar-refractivity contribution is 7.90. The number of fused-ring (bicyclic) bond motifs is 1. The average molecular weight is 431 g/mol. The van der Waals surface area contributed by atoms with Crippen LogP contribution < -0.4 is 4.74 Å². The summed E-state index contributed by atoms with van der Waals surface area (Å²) < 4.78 is 43.0. The molecule has 1 N–H and O–H groups in total. The number of ether oxygens (including phenoxy) is 1. The van der Waals surface area contributed by atoms with E-state index in [0.29, 0.717) is 17.1 Å². The highest BCUT2D eigenvalue weighted by Crippen LogP contribution is 2.29. The lowest BCUT2D eigenvalue weighted by Gasteiger charge is -2.07. The fourth-order valence-corrected chi connectivity index (χ4v) is 4.13. The van der Waals surface area contributed by atoms with Crippen LogP contribution in [0.1, 0.15) is 5.82 Å². The van der Waals surface area contributed by atoms with Crippen molar-refractivity contribution in [1.82, 2.24) is 9.97 Å². The standard InChI is InChI=1S/C21H16ClFN2O3S/c1-29(26,27)20-5-3-2-4-15(20)13-6-9-18-19(10-13)25-21(24-18)12-28-14-7-8-17(23)16(22)11-14/h2-11H,12H2,1H3,(H,24,25). The van der Waals surface area contributed by atoms with Gasteiger partial charge in [0.1, 0.15) is 24.0 Å². The first-order chi connectivity index (χ1) is 13.8. The van der Waals surface area contributed by atoms with E-state index in [2.05, 4.69) is 9.97 Å². The maximum Gasteiger partial charge on any atom is 0.176 e. The number of nitrogens with zero attached hydrogens (tertiary/aromatic N) is 1. The van der Waals surface area contributed by atoms with Gasteiger partial charge in [0, 0.05) is 17.9 Å². The van der Waals surface area contributed by atoms with Crippen LogP contribution in [-0.2, 0) is 16.4 Å². The van der Waals surface area contributed by atoms with Gasteiger partial charge in [0.2, 0.25) is 0 Å². The molecule has 0 atom stereocenters. The van der Waals surface area contributed by atoms with Crippen molar-refractivity contribution < 1.29 is 17.5 Å². The fraction of sp³-hybridized carbons (Fsp3) is 0.0952. The molecule has 4 rings (SSSR count). The van der Waals surface area contributed by atoms with Crippen LogP contribution in [0.5, 0.6) is 5.75 Å². The summed E-state index contributed by atoms with van der Waals surface area (Å²) in [6.07, 6.45) is 1.19. The first-order valence-electron chi connectivity index (χ1n) is 8.67. The van der Waals surface area contributed by atoms with E-state index < -0.39 is 15.7 Å². The fourth-order valence-electron chi connectivity index (χ4n) is 3.05. The SMILES string of the molecule is CS(=O)(=O)c1ccccc1-c1ccc2nc(COc3ccc(F)c(Cl)c3)[nH]c2c1. The zero-order valence-corrected chi connectivity index (χ0v) is 16.9. The molecular formula is C21H16ClFN2O3S. The Kier molecular flexibility index (Phi) is 5.02. The molecule has 0 aliphatic rings. The lowest BCUT2D eigenvalue weighted by atomic mass is 10.1. The molecular weight excluding hydrogens is 415 g/mol. The maximum absolute atomic E-state index is 13.2. The zero-order chi connectivity index (χ0) is 20.6.